The molecular formula is C15H22N4O. The summed E-state index contributed by atoms with van der Waals surface area (Å²) < 4.78 is 0. The monoisotopic (exact) mass is 274 g/mol. The van der Waals surface area contributed by atoms with Gasteiger partial charge in [-0.2, -0.15) is 0 Å². The fourth-order valence-corrected chi connectivity index (χ4v) is 3.38. The Morgan fingerprint density at radius 2 is 2.25 bits per heavy atom. The van der Waals surface area contributed by atoms with Crippen LogP contribution < -0.4 is 10.6 Å². The largest absolute Gasteiger partial charge is 0.373 e. The summed E-state index contributed by atoms with van der Waals surface area (Å²) in [4.78, 5) is 19.0. The molecule has 0 saturated carbocycles. The second-order valence-corrected chi connectivity index (χ2v) is 5.65. The standard InChI is InChI=1S/C15H22N4O/c1-16-14-10-11(5-7-17-14)15(20)18-12-6-9-19-8-3-2-4-13(12)19/h5,7,10,12-13H,2-4,6,8-9H2,1H3,(H,16,17)(H,18,20). The molecule has 2 aliphatic rings. The van der Waals surface area contributed by atoms with Crippen molar-refractivity contribution in [1.29, 1.82) is 0 Å². The second-order valence-electron chi connectivity index (χ2n) is 5.65. The predicted molar refractivity (Wildman–Crippen MR) is 78.9 cm³/mol. The van der Waals surface area contributed by atoms with Crippen molar-refractivity contribution in [2.45, 2.75) is 37.8 Å². The Hall–Kier alpha value is -1.62. The van der Waals surface area contributed by atoms with E-state index < -0.39 is 0 Å². The van der Waals surface area contributed by atoms with E-state index in [9.17, 15) is 4.79 Å². The quantitative estimate of drug-likeness (QED) is 0.876. The number of rotatable bonds is 3. The summed E-state index contributed by atoms with van der Waals surface area (Å²) in [6.45, 7) is 2.31. The van der Waals surface area contributed by atoms with E-state index in [1.807, 2.05) is 0 Å². The molecule has 5 heteroatoms. The number of pyridine rings is 1. The lowest BCUT2D eigenvalue weighted by Gasteiger charge is -2.32. The number of aromatic nitrogens is 1. The van der Waals surface area contributed by atoms with Gasteiger partial charge in [0.1, 0.15) is 5.82 Å². The molecule has 2 N–H and O–H groups in total. The Labute approximate surface area is 119 Å². The fraction of sp³-hybridized carbons (Fsp3) is 0.600. The first-order valence-corrected chi connectivity index (χ1v) is 7.46. The minimum absolute atomic E-state index is 0.0151. The molecule has 1 aromatic rings. The summed E-state index contributed by atoms with van der Waals surface area (Å²) in [6, 6.07) is 4.40. The molecule has 0 aliphatic carbocycles. The van der Waals surface area contributed by atoms with Crippen LogP contribution in [0.2, 0.25) is 0 Å². The summed E-state index contributed by atoms with van der Waals surface area (Å²) in [5.74, 6) is 0.740. The van der Waals surface area contributed by atoms with Gasteiger partial charge in [-0.1, -0.05) is 6.42 Å². The number of nitrogens with zero attached hydrogens (tertiary/aromatic N) is 2. The van der Waals surface area contributed by atoms with E-state index in [4.69, 9.17) is 0 Å². The van der Waals surface area contributed by atoms with Crippen LogP contribution >= 0.6 is 0 Å². The number of carbonyl (C=O) groups excluding carboxylic acids is 1. The predicted octanol–water partition coefficient (Wildman–Crippen LogP) is 1.48. The van der Waals surface area contributed by atoms with Crippen LogP contribution in [-0.2, 0) is 0 Å². The van der Waals surface area contributed by atoms with Crippen molar-refractivity contribution in [3.8, 4) is 0 Å². The van der Waals surface area contributed by atoms with E-state index in [-0.39, 0.29) is 5.91 Å². The number of anilines is 1. The lowest BCUT2D eigenvalue weighted by atomic mass is 9.99. The average Bonchev–Trinajstić information content (AvgIpc) is 2.90. The Morgan fingerprint density at radius 1 is 1.35 bits per heavy atom. The smallest absolute Gasteiger partial charge is 0.251 e. The Morgan fingerprint density at radius 3 is 3.10 bits per heavy atom. The lowest BCUT2D eigenvalue weighted by molar-refractivity contribution is 0.0915. The van der Waals surface area contributed by atoms with Gasteiger partial charge in [-0.15, -0.1) is 0 Å². The molecule has 2 atom stereocenters. The number of piperidine rings is 1. The summed E-state index contributed by atoms with van der Waals surface area (Å²) in [6.07, 6.45) is 6.53. The molecule has 20 heavy (non-hydrogen) atoms. The third kappa shape index (κ3) is 2.63. The Bertz CT molecular complexity index is 491. The third-order valence-electron chi connectivity index (χ3n) is 4.45. The van der Waals surface area contributed by atoms with Gasteiger partial charge in [0.25, 0.3) is 5.91 Å². The van der Waals surface area contributed by atoms with Crippen LogP contribution in [0.1, 0.15) is 36.0 Å². The maximum atomic E-state index is 12.4. The van der Waals surface area contributed by atoms with Crippen molar-refractivity contribution in [2.75, 3.05) is 25.5 Å². The molecule has 1 amide bonds. The van der Waals surface area contributed by atoms with Crippen LogP contribution in [0, 0.1) is 0 Å². The molecule has 5 nitrogen and oxygen atoms in total. The van der Waals surface area contributed by atoms with Crippen LogP contribution in [0.25, 0.3) is 0 Å². The van der Waals surface area contributed by atoms with Crippen molar-refractivity contribution in [3.05, 3.63) is 23.9 Å². The lowest BCUT2D eigenvalue weighted by Crippen LogP contribution is -2.46. The first-order valence-electron chi connectivity index (χ1n) is 7.46. The molecule has 1 aromatic heterocycles. The van der Waals surface area contributed by atoms with Crippen LogP contribution in [0.15, 0.2) is 18.3 Å². The molecule has 3 heterocycles. The van der Waals surface area contributed by atoms with Gasteiger partial charge >= 0.3 is 0 Å². The molecule has 2 unspecified atom stereocenters. The van der Waals surface area contributed by atoms with Gasteiger partial charge in [0.05, 0.1) is 0 Å². The Kier molecular flexibility index (Phi) is 3.87. The molecule has 3 rings (SSSR count). The van der Waals surface area contributed by atoms with E-state index in [2.05, 4.69) is 20.5 Å². The molecule has 2 fully saturated rings. The minimum Gasteiger partial charge on any atom is -0.373 e. The molecule has 0 radical (unpaired) electrons. The number of fused-ring (bicyclic) bond motifs is 1. The Balaban J connectivity index is 1.66. The molecule has 0 spiro atoms. The minimum atomic E-state index is 0.0151. The first-order chi connectivity index (χ1) is 9.78. The van der Waals surface area contributed by atoms with Gasteiger partial charge < -0.3 is 10.6 Å². The van der Waals surface area contributed by atoms with Gasteiger partial charge in [-0.25, -0.2) is 4.98 Å². The normalized spacial score (nSPS) is 26.1. The molecule has 108 valence electrons. The highest BCUT2D eigenvalue weighted by Crippen LogP contribution is 2.27. The molecule has 2 saturated heterocycles. The van der Waals surface area contributed by atoms with Crippen LogP contribution in [-0.4, -0.2) is 48.0 Å². The van der Waals surface area contributed by atoms with Crippen molar-refractivity contribution < 1.29 is 4.79 Å². The van der Waals surface area contributed by atoms with Crippen molar-refractivity contribution >= 4 is 11.7 Å². The maximum Gasteiger partial charge on any atom is 0.251 e. The second kappa shape index (κ2) is 5.79. The zero-order valence-electron chi connectivity index (χ0n) is 11.9. The van der Waals surface area contributed by atoms with E-state index in [1.165, 1.54) is 25.8 Å². The first kappa shape index (κ1) is 13.4. The van der Waals surface area contributed by atoms with Gasteiger partial charge in [0.2, 0.25) is 0 Å². The van der Waals surface area contributed by atoms with Crippen LogP contribution in [0.3, 0.4) is 0 Å². The molecule has 0 bridgehead atoms. The highest BCUT2D eigenvalue weighted by Gasteiger charge is 2.36. The average molecular weight is 274 g/mol. The van der Waals surface area contributed by atoms with Crippen molar-refractivity contribution in [3.63, 3.8) is 0 Å². The zero-order valence-corrected chi connectivity index (χ0v) is 11.9. The summed E-state index contributed by atoms with van der Waals surface area (Å²) in [5.41, 5.74) is 0.679. The van der Waals surface area contributed by atoms with Crippen molar-refractivity contribution in [1.82, 2.24) is 15.2 Å². The zero-order chi connectivity index (χ0) is 13.9. The van der Waals surface area contributed by atoms with Crippen LogP contribution in [0.4, 0.5) is 5.82 Å². The highest BCUT2D eigenvalue weighted by atomic mass is 16.1. The van der Waals surface area contributed by atoms with Gasteiger partial charge in [0, 0.05) is 37.4 Å². The fourth-order valence-electron chi connectivity index (χ4n) is 3.38. The van der Waals surface area contributed by atoms with E-state index in [0.29, 0.717) is 17.6 Å². The number of nitrogens with one attached hydrogen (secondary N) is 2. The van der Waals surface area contributed by atoms with Gasteiger partial charge in [0.15, 0.2) is 0 Å². The summed E-state index contributed by atoms with van der Waals surface area (Å²) in [7, 11) is 1.81. The highest BCUT2D eigenvalue weighted by molar-refractivity contribution is 5.95. The van der Waals surface area contributed by atoms with Gasteiger partial charge in [-0.05, 0) is 37.9 Å². The molecular weight excluding hydrogens is 252 g/mol. The summed E-state index contributed by atoms with van der Waals surface area (Å²) in [5, 5.41) is 6.17. The number of hydrogen-bond donors (Lipinski definition) is 2. The number of hydrogen-bond acceptors (Lipinski definition) is 4. The molecule has 2 aliphatic heterocycles. The van der Waals surface area contributed by atoms with E-state index in [0.717, 1.165) is 18.8 Å². The number of amides is 1. The van der Waals surface area contributed by atoms with Crippen LogP contribution in [0.5, 0.6) is 0 Å². The molecule has 0 aromatic carbocycles. The van der Waals surface area contributed by atoms with Gasteiger partial charge in [-0.3, -0.25) is 9.69 Å². The topological polar surface area (TPSA) is 57.3 Å². The van der Waals surface area contributed by atoms with E-state index >= 15 is 0 Å². The van der Waals surface area contributed by atoms with Crippen molar-refractivity contribution in [2.24, 2.45) is 0 Å². The summed E-state index contributed by atoms with van der Waals surface area (Å²) >= 11 is 0. The third-order valence-corrected chi connectivity index (χ3v) is 4.45. The van der Waals surface area contributed by atoms with E-state index in [1.54, 1.807) is 25.4 Å². The number of carbonyl (C=O) groups is 1. The maximum absolute atomic E-state index is 12.4. The SMILES string of the molecule is CNc1cc(C(=O)NC2CCN3CCCCC23)ccn1.